The van der Waals surface area contributed by atoms with Crippen LogP contribution < -0.4 is 5.01 Å². The van der Waals surface area contributed by atoms with E-state index >= 15 is 0 Å². The molecule has 4 aromatic rings. The Morgan fingerprint density at radius 1 is 0.941 bits per heavy atom. The summed E-state index contributed by atoms with van der Waals surface area (Å²) in [7, 11) is 0. The van der Waals surface area contributed by atoms with E-state index in [-0.39, 0.29) is 27.4 Å². The van der Waals surface area contributed by atoms with Crippen LogP contribution in [0.1, 0.15) is 22.8 Å². The topological polar surface area (TPSA) is 54.7 Å². The summed E-state index contributed by atoms with van der Waals surface area (Å²) in [5, 5.41) is 7.58. The molecule has 5 nitrogen and oxygen atoms in total. The number of anilines is 1. The summed E-state index contributed by atoms with van der Waals surface area (Å²) in [6, 6.07) is 19.3. The standard InChI is InChI=1S/C26H16Cl3N3O2/c1-15-20(25(33)32(30-15)18-7-4-6-17(27)13-18)12-16-14-31(23-11-3-2-8-19(16)23)26(34)24-21(28)9-5-10-22(24)29/h2-14H,1H3/b20-12-. The van der Waals surface area contributed by atoms with Crippen molar-refractivity contribution in [2.75, 3.05) is 5.01 Å². The molecule has 2 heterocycles. The van der Waals surface area contributed by atoms with Crippen LogP contribution in [-0.4, -0.2) is 22.1 Å². The van der Waals surface area contributed by atoms with Crippen molar-refractivity contribution < 1.29 is 9.59 Å². The first-order chi connectivity index (χ1) is 16.3. The molecule has 1 aliphatic rings. The van der Waals surface area contributed by atoms with E-state index in [1.54, 1.807) is 61.7 Å². The van der Waals surface area contributed by atoms with Crippen molar-refractivity contribution in [2.45, 2.75) is 6.92 Å². The molecule has 168 valence electrons. The zero-order valence-electron chi connectivity index (χ0n) is 17.8. The quantitative estimate of drug-likeness (QED) is 0.277. The van der Waals surface area contributed by atoms with Crippen LogP contribution in [0.15, 0.2) is 83.6 Å². The van der Waals surface area contributed by atoms with Gasteiger partial charge in [0.2, 0.25) is 0 Å². The second kappa shape index (κ2) is 8.76. The lowest BCUT2D eigenvalue weighted by Crippen LogP contribution is -2.21. The molecule has 1 aromatic heterocycles. The van der Waals surface area contributed by atoms with Crippen LogP contribution in [0.25, 0.3) is 17.0 Å². The molecule has 8 heteroatoms. The van der Waals surface area contributed by atoms with Gasteiger partial charge in [-0.05, 0) is 49.4 Å². The zero-order valence-corrected chi connectivity index (χ0v) is 20.1. The molecule has 0 fully saturated rings. The number of hydrogen-bond acceptors (Lipinski definition) is 3. The monoisotopic (exact) mass is 507 g/mol. The van der Waals surface area contributed by atoms with Crippen LogP contribution in [0.5, 0.6) is 0 Å². The van der Waals surface area contributed by atoms with Crippen LogP contribution in [0.2, 0.25) is 15.1 Å². The van der Waals surface area contributed by atoms with E-state index in [1.807, 2.05) is 24.3 Å². The third kappa shape index (κ3) is 3.82. The first-order valence-corrected chi connectivity index (χ1v) is 11.4. The number of hydrazone groups is 1. The molecule has 34 heavy (non-hydrogen) atoms. The summed E-state index contributed by atoms with van der Waals surface area (Å²) < 4.78 is 1.50. The van der Waals surface area contributed by atoms with E-state index in [0.29, 0.717) is 33.1 Å². The maximum atomic E-state index is 13.4. The zero-order chi connectivity index (χ0) is 24.0. The van der Waals surface area contributed by atoms with Crippen molar-refractivity contribution in [3.05, 3.63) is 105 Å². The lowest BCUT2D eigenvalue weighted by atomic mass is 10.1. The number of aromatic nitrogens is 1. The number of benzene rings is 3. The molecule has 0 N–H and O–H groups in total. The number of halogens is 3. The van der Waals surface area contributed by atoms with Crippen LogP contribution >= 0.6 is 34.8 Å². The van der Waals surface area contributed by atoms with Gasteiger partial charge in [-0.2, -0.15) is 10.1 Å². The van der Waals surface area contributed by atoms with Gasteiger partial charge in [-0.15, -0.1) is 0 Å². The molecular formula is C26H16Cl3N3O2. The molecular weight excluding hydrogens is 493 g/mol. The predicted octanol–water partition coefficient (Wildman–Crippen LogP) is 7.10. The number of hydrogen-bond donors (Lipinski definition) is 0. The number of fused-ring (bicyclic) bond motifs is 1. The Balaban J connectivity index is 1.60. The van der Waals surface area contributed by atoms with Crippen LogP contribution in [-0.2, 0) is 4.79 Å². The Labute approximate surface area is 210 Å². The summed E-state index contributed by atoms with van der Waals surface area (Å²) in [6.07, 6.45) is 3.42. The van der Waals surface area contributed by atoms with Crippen molar-refractivity contribution in [1.82, 2.24) is 4.57 Å². The SMILES string of the molecule is CC1=NN(c2cccc(Cl)c2)C(=O)/C1=C\c1cn(C(=O)c2c(Cl)cccc2Cl)c2ccccc12. The Kier molecular flexibility index (Phi) is 5.78. The molecule has 0 unspecified atom stereocenters. The molecule has 0 radical (unpaired) electrons. The fourth-order valence-electron chi connectivity index (χ4n) is 3.93. The predicted molar refractivity (Wildman–Crippen MR) is 138 cm³/mol. The van der Waals surface area contributed by atoms with Crippen molar-refractivity contribution in [3.63, 3.8) is 0 Å². The van der Waals surface area contributed by atoms with E-state index < -0.39 is 0 Å². The fourth-order valence-corrected chi connectivity index (χ4v) is 4.68. The summed E-state index contributed by atoms with van der Waals surface area (Å²) >= 11 is 18.7. The number of rotatable bonds is 3. The van der Waals surface area contributed by atoms with Crippen LogP contribution in [0, 0.1) is 0 Å². The highest BCUT2D eigenvalue weighted by atomic mass is 35.5. The summed E-state index contributed by atoms with van der Waals surface area (Å²) in [5.41, 5.74) is 3.13. The lowest BCUT2D eigenvalue weighted by Gasteiger charge is -2.11. The van der Waals surface area contributed by atoms with Gasteiger partial charge in [-0.3, -0.25) is 14.2 Å². The van der Waals surface area contributed by atoms with Crippen LogP contribution in [0.4, 0.5) is 5.69 Å². The van der Waals surface area contributed by atoms with Gasteiger partial charge in [-0.1, -0.05) is 65.1 Å². The largest absolute Gasteiger partial charge is 0.282 e. The van der Waals surface area contributed by atoms with Gasteiger partial charge >= 0.3 is 0 Å². The van der Waals surface area contributed by atoms with Crippen molar-refractivity contribution >= 4 is 75.0 Å². The van der Waals surface area contributed by atoms with Crippen molar-refractivity contribution in [2.24, 2.45) is 5.10 Å². The maximum Gasteiger partial charge on any atom is 0.280 e. The Bertz CT molecular complexity index is 1530. The lowest BCUT2D eigenvalue weighted by molar-refractivity contribution is -0.114. The Hall–Kier alpha value is -3.38. The molecule has 0 bridgehead atoms. The first-order valence-electron chi connectivity index (χ1n) is 10.3. The summed E-state index contributed by atoms with van der Waals surface area (Å²) in [6.45, 7) is 1.77. The molecule has 1 aliphatic heterocycles. The number of carbonyl (C=O) groups excluding carboxylic acids is 2. The molecule has 0 saturated heterocycles. The molecule has 0 saturated carbocycles. The smallest absolute Gasteiger partial charge is 0.280 e. The van der Waals surface area contributed by atoms with Gasteiger partial charge in [0.25, 0.3) is 11.8 Å². The van der Waals surface area contributed by atoms with Gasteiger partial charge in [0.05, 0.1) is 38.1 Å². The second-order valence-corrected chi connectivity index (χ2v) is 8.96. The molecule has 0 spiro atoms. The highest BCUT2D eigenvalue weighted by Crippen LogP contribution is 2.31. The first kappa shape index (κ1) is 22.4. The third-order valence-electron chi connectivity index (χ3n) is 5.55. The number of carbonyl (C=O) groups is 2. The third-order valence-corrected chi connectivity index (χ3v) is 6.42. The van der Waals surface area contributed by atoms with Crippen molar-refractivity contribution in [1.29, 1.82) is 0 Å². The molecule has 1 amide bonds. The normalized spacial score (nSPS) is 14.8. The minimum Gasteiger partial charge on any atom is -0.282 e. The Morgan fingerprint density at radius 3 is 2.38 bits per heavy atom. The minimum absolute atomic E-state index is 0.215. The fraction of sp³-hybridized carbons (Fsp3) is 0.0385. The second-order valence-electron chi connectivity index (χ2n) is 7.71. The van der Waals surface area contributed by atoms with Gasteiger partial charge in [-0.25, -0.2) is 0 Å². The average molecular weight is 509 g/mol. The van der Waals surface area contributed by atoms with Crippen LogP contribution in [0.3, 0.4) is 0 Å². The highest BCUT2D eigenvalue weighted by molar-refractivity contribution is 6.40. The molecule has 0 atom stereocenters. The summed E-state index contributed by atoms with van der Waals surface area (Å²) in [5.74, 6) is -0.641. The summed E-state index contributed by atoms with van der Waals surface area (Å²) in [4.78, 5) is 26.6. The minimum atomic E-state index is -0.361. The molecule has 5 rings (SSSR count). The molecule has 3 aromatic carbocycles. The number of amides is 1. The van der Waals surface area contributed by atoms with Gasteiger partial charge in [0.15, 0.2) is 0 Å². The number of nitrogens with zero attached hydrogens (tertiary/aromatic N) is 3. The van der Waals surface area contributed by atoms with E-state index in [2.05, 4.69) is 5.10 Å². The van der Waals surface area contributed by atoms with E-state index in [4.69, 9.17) is 34.8 Å². The average Bonchev–Trinajstić information content (AvgIpc) is 3.32. The number of para-hydroxylation sites is 1. The van der Waals surface area contributed by atoms with Gasteiger partial charge < -0.3 is 0 Å². The van der Waals surface area contributed by atoms with Crippen molar-refractivity contribution in [3.8, 4) is 0 Å². The van der Waals surface area contributed by atoms with Gasteiger partial charge in [0, 0.05) is 22.2 Å². The highest BCUT2D eigenvalue weighted by Gasteiger charge is 2.29. The van der Waals surface area contributed by atoms with E-state index in [9.17, 15) is 9.59 Å². The maximum absolute atomic E-state index is 13.4. The Morgan fingerprint density at radius 2 is 1.65 bits per heavy atom. The van der Waals surface area contributed by atoms with E-state index in [0.717, 1.165) is 5.39 Å². The van der Waals surface area contributed by atoms with E-state index in [1.165, 1.54) is 9.58 Å². The van der Waals surface area contributed by atoms with Gasteiger partial charge in [0.1, 0.15) is 0 Å². The molecule has 0 aliphatic carbocycles.